The van der Waals surface area contributed by atoms with Crippen molar-refractivity contribution in [1.82, 2.24) is 10.7 Å². The lowest BCUT2D eigenvalue weighted by atomic mass is 10.2. The number of para-hydroxylation sites is 1. The van der Waals surface area contributed by atoms with Crippen molar-refractivity contribution in [3.63, 3.8) is 0 Å². The largest absolute Gasteiger partial charge is 0.490 e. The highest BCUT2D eigenvalue weighted by Gasteiger charge is 2.16. The summed E-state index contributed by atoms with van der Waals surface area (Å²) in [6, 6.07) is 7.71. The van der Waals surface area contributed by atoms with Crippen molar-refractivity contribution < 1.29 is 32.3 Å². The maximum absolute atomic E-state index is 12.6. The molecule has 0 saturated heterocycles. The van der Waals surface area contributed by atoms with Crippen LogP contribution in [0.2, 0.25) is 0 Å². The van der Waals surface area contributed by atoms with E-state index in [9.17, 15) is 18.4 Å². The highest BCUT2D eigenvalue weighted by atomic mass is 19.3. The molecule has 0 aliphatic heterocycles. The zero-order valence-electron chi connectivity index (χ0n) is 14.3. The molecule has 27 heavy (non-hydrogen) atoms. The summed E-state index contributed by atoms with van der Waals surface area (Å²) in [5, 5.41) is 5.92. The minimum atomic E-state index is -3.07. The van der Waals surface area contributed by atoms with Crippen molar-refractivity contribution in [2.24, 2.45) is 5.10 Å². The van der Waals surface area contributed by atoms with Gasteiger partial charge in [-0.15, -0.1) is 0 Å². The molecule has 1 aromatic heterocycles. The van der Waals surface area contributed by atoms with Crippen LogP contribution in [0.5, 0.6) is 11.5 Å². The van der Waals surface area contributed by atoms with E-state index in [-0.39, 0.29) is 30.2 Å². The second-order valence-corrected chi connectivity index (χ2v) is 4.95. The minimum absolute atomic E-state index is 0.0335. The molecule has 1 heterocycles. The highest BCUT2D eigenvalue weighted by Crippen LogP contribution is 2.31. The average Bonchev–Trinajstić information content (AvgIpc) is 3.15. The van der Waals surface area contributed by atoms with Crippen LogP contribution < -0.4 is 20.2 Å². The van der Waals surface area contributed by atoms with Gasteiger partial charge in [-0.2, -0.15) is 13.9 Å². The van der Waals surface area contributed by atoms with Gasteiger partial charge < -0.3 is 19.2 Å². The Bertz CT molecular complexity index is 794. The molecule has 0 unspecified atom stereocenters. The van der Waals surface area contributed by atoms with E-state index in [1.807, 2.05) is 5.43 Å². The summed E-state index contributed by atoms with van der Waals surface area (Å²) >= 11 is 0. The molecule has 0 saturated carbocycles. The fourth-order valence-electron chi connectivity index (χ4n) is 1.99. The molecule has 0 radical (unpaired) electrons. The van der Waals surface area contributed by atoms with Gasteiger partial charge in [-0.05, 0) is 31.2 Å². The van der Waals surface area contributed by atoms with Gasteiger partial charge in [0.15, 0.2) is 11.5 Å². The number of hydrazone groups is 1. The van der Waals surface area contributed by atoms with E-state index in [2.05, 4.69) is 15.2 Å². The number of amides is 2. The van der Waals surface area contributed by atoms with E-state index in [1.165, 1.54) is 18.4 Å². The van der Waals surface area contributed by atoms with Crippen LogP contribution in [0, 0.1) is 0 Å². The number of nitrogens with one attached hydrogen (secondary N) is 2. The Morgan fingerprint density at radius 2 is 2.07 bits per heavy atom. The first-order valence-corrected chi connectivity index (χ1v) is 7.85. The first-order chi connectivity index (χ1) is 13.0. The Labute approximate surface area is 153 Å². The molecule has 1 aromatic carbocycles. The highest BCUT2D eigenvalue weighted by molar-refractivity contribution is 6.35. The topological polar surface area (TPSA) is 102 Å². The normalized spacial score (nSPS) is 10.8. The molecule has 0 aliphatic carbocycles. The van der Waals surface area contributed by atoms with E-state index >= 15 is 0 Å². The van der Waals surface area contributed by atoms with Gasteiger partial charge in [0, 0.05) is 5.56 Å². The molecule has 2 rings (SSSR count). The predicted octanol–water partition coefficient (Wildman–Crippen LogP) is 2.05. The quantitative estimate of drug-likeness (QED) is 0.414. The number of carbonyl (C=O) groups excluding carboxylic acids is 2. The van der Waals surface area contributed by atoms with Gasteiger partial charge in [-0.3, -0.25) is 9.59 Å². The number of alkyl halides is 2. The monoisotopic (exact) mass is 381 g/mol. The van der Waals surface area contributed by atoms with Crippen molar-refractivity contribution >= 4 is 18.0 Å². The molecule has 0 fully saturated rings. The van der Waals surface area contributed by atoms with Crippen molar-refractivity contribution in [2.45, 2.75) is 20.1 Å². The van der Waals surface area contributed by atoms with E-state index in [0.717, 1.165) is 6.21 Å². The summed E-state index contributed by atoms with van der Waals surface area (Å²) in [5.41, 5.74) is 2.13. The van der Waals surface area contributed by atoms with Gasteiger partial charge in [0.25, 0.3) is 0 Å². The van der Waals surface area contributed by atoms with Crippen LogP contribution in [0.1, 0.15) is 18.2 Å². The summed E-state index contributed by atoms with van der Waals surface area (Å²) in [6.45, 7) is -1.10. The number of nitrogens with zero attached hydrogens (tertiary/aromatic N) is 1. The molecule has 2 aromatic rings. The molecule has 2 N–H and O–H groups in total. The summed E-state index contributed by atoms with van der Waals surface area (Å²) in [4.78, 5) is 23.3. The molecule has 0 bridgehead atoms. The predicted molar refractivity (Wildman–Crippen MR) is 90.5 cm³/mol. The molecular formula is C17H17F2N3O5. The Kier molecular flexibility index (Phi) is 7.29. The average molecular weight is 381 g/mol. The smallest absolute Gasteiger partial charge is 0.387 e. The maximum atomic E-state index is 12.6. The number of hydrogen-bond donors (Lipinski definition) is 2. The number of furan rings is 1. The van der Waals surface area contributed by atoms with Gasteiger partial charge in [-0.1, -0.05) is 6.07 Å². The van der Waals surface area contributed by atoms with Gasteiger partial charge in [-0.25, -0.2) is 5.43 Å². The van der Waals surface area contributed by atoms with Crippen molar-refractivity contribution in [3.05, 3.63) is 47.9 Å². The number of rotatable bonds is 8. The standard InChI is InChI=1S/C17H17F2N3O5/c1-2-25-13-7-3-5-11(14(13)27-17(18)19)9-21-22-16(24)15(23)20-10-12-6-4-8-26-12/h3-9,17H,2,10H2,1H3,(H,20,23)(H,22,24)/b21-9-. The van der Waals surface area contributed by atoms with Crippen molar-refractivity contribution in [3.8, 4) is 11.5 Å². The fraction of sp³-hybridized carbons (Fsp3) is 0.235. The third kappa shape index (κ3) is 6.10. The van der Waals surface area contributed by atoms with Crippen LogP contribution in [0.3, 0.4) is 0 Å². The zero-order chi connectivity index (χ0) is 19.6. The maximum Gasteiger partial charge on any atom is 0.387 e. The molecule has 0 atom stereocenters. The fourth-order valence-corrected chi connectivity index (χ4v) is 1.99. The molecule has 144 valence electrons. The Morgan fingerprint density at radius 3 is 2.74 bits per heavy atom. The van der Waals surface area contributed by atoms with Gasteiger partial charge in [0.1, 0.15) is 5.76 Å². The van der Waals surface area contributed by atoms with Crippen LogP contribution in [-0.2, 0) is 16.1 Å². The number of ether oxygens (including phenoxy) is 2. The van der Waals surface area contributed by atoms with Crippen LogP contribution in [0.15, 0.2) is 46.1 Å². The first kappa shape index (κ1) is 19.9. The lowest BCUT2D eigenvalue weighted by molar-refractivity contribution is -0.139. The van der Waals surface area contributed by atoms with Crippen molar-refractivity contribution in [1.29, 1.82) is 0 Å². The van der Waals surface area contributed by atoms with Crippen LogP contribution >= 0.6 is 0 Å². The Balaban J connectivity index is 1.98. The van der Waals surface area contributed by atoms with Crippen LogP contribution in [0.4, 0.5) is 8.78 Å². The molecule has 0 aliphatic rings. The zero-order valence-corrected chi connectivity index (χ0v) is 14.3. The third-order valence-corrected chi connectivity index (χ3v) is 3.10. The van der Waals surface area contributed by atoms with Crippen LogP contribution in [0.25, 0.3) is 0 Å². The molecule has 10 heteroatoms. The van der Waals surface area contributed by atoms with E-state index in [1.54, 1.807) is 25.1 Å². The number of hydrogen-bond acceptors (Lipinski definition) is 6. The van der Waals surface area contributed by atoms with Crippen LogP contribution in [-0.4, -0.2) is 31.2 Å². The Morgan fingerprint density at radius 1 is 1.26 bits per heavy atom. The molecule has 0 spiro atoms. The summed E-state index contributed by atoms with van der Waals surface area (Å²) in [5.74, 6) is -1.62. The Hall–Kier alpha value is -3.43. The SMILES string of the molecule is CCOc1cccc(/C=N\NC(=O)C(=O)NCc2ccco2)c1OC(F)F. The van der Waals surface area contributed by atoms with E-state index in [4.69, 9.17) is 9.15 Å². The minimum Gasteiger partial charge on any atom is -0.490 e. The second-order valence-electron chi connectivity index (χ2n) is 4.95. The van der Waals surface area contributed by atoms with E-state index in [0.29, 0.717) is 5.76 Å². The lowest BCUT2D eigenvalue weighted by Gasteiger charge is -2.13. The van der Waals surface area contributed by atoms with Crippen molar-refractivity contribution in [2.75, 3.05) is 6.61 Å². The lowest BCUT2D eigenvalue weighted by Crippen LogP contribution is -2.37. The number of benzene rings is 1. The second kappa shape index (κ2) is 9.90. The first-order valence-electron chi connectivity index (χ1n) is 7.85. The van der Waals surface area contributed by atoms with Gasteiger partial charge in [0.2, 0.25) is 0 Å². The summed E-state index contributed by atoms with van der Waals surface area (Å²) < 4.78 is 40.0. The number of carbonyl (C=O) groups is 2. The summed E-state index contributed by atoms with van der Waals surface area (Å²) in [6.07, 6.45) is 2.50. The van der Waals surface area contributed by atoms with Gasteiger partial charge in [0.05, 0.1) is 25.6 Å². The molecular weight excluding hydrogens is 364 g/mol. The summed E-state index contributed by atoms with van der Waals surface area (Å²) in [7, 11) is 0. The molecule has 2 amide bonds. The van der Waals surface area contributed by atoms with E-state index < -0.39 is 18.4 Å². The number of halogens is 2. The third-order valence-electron chi connectivity index (χ3n) is 3.10. The van der Waals surface area contributed by atoms with Gasteiger partial charge >= 0.3 is 18.4 Å². The molecule has 8 nitrogen and oxygen atoms in total.